The Morgan fingerprint density at radius 2 is 2.19 bits per heavy atom. The van der Waals surface area contributed by atoms with E-state index in [1.807, 2.05) is 18.2 Å². The van der Waals surface area contributed by atoms with Crippen molar-refractivity contribution in [3.8, 4) is 0 Å². The van der Waals surface area contributed by atoms with E-state index in [4.69, 9.17) is 5.73 Å². The molecule has 3 rings (SSSR count). The van der Waals surface area contributed by atoms with E-state index in [0.29, 0.717) is 11.6 Å². The van der Waals surface area contributed by atoms with Crippen molar-refractivity contribution < 1.29 is 4.79 Å². The number of nitrogens with two attached hydrogens (primary N) is 1. The van der Waals surface area contributed by atoms with Crippen LogP contribution in [0.4, 0.5) is 5.69 Å². The topological polar surface area (TPSA) is 58.4 Å². The first-order valence-electron chi connectivity index (χ1n) is 7.73. The van der Waals surface area contributed by atoms with Crippen molar-refractivity contribution in [2.75, 3.05) is 24.5 Å². The van der Waals surface area contributed by atoms with Crippen molar-refractivity contribution in [2.45, 2.75) is 31.7 Å². The molecule has 2 heterocycles. The number of primary amides is 1. The van der Waals surface area contributed by atoms with Crippen LogP contribution in [0, 0.1) is 5.92 Å². The van der Waals surface area contributed by atoms with Gasteiger partial charge in [-0.25, -0.2) is 0 Å². The molecule has 2 aliphatic heterocycles. The van der Waals surface area contributed by atoms with Gasteiger partial charge in [0.15, 0.2) is 0 Å². The van der Waals surface area contributed by atoms with Crippen LogP contribution >= 0.6 is 15.9 Å². The fourth-order valence-electron chi connectivity index (χ4n) is 3.59. The molecule has 1 amide bonds. The van der Waals surface area contributed by atoms with Crippen molar-refractivity contribution in [3.05, 3.63) is 28.2 Å². The summed E-state index contributed by atoms with van der Waals surface area (Å²) < 4.78 is 0.957. The molecule has 2 unspecified atom stereocenters. The highest BCUT2D eigenvalue weighted by molar-refractivity contribution is 9.10. The highest BCUT2D eigenvalue weighted by Gasteiger charge is 2.29. The number of hydrogen-bond donors (Lipinski definition) is 2. The number of carbonyl (C=O) groups excluding carboxylic acids is 1. The van der Waals surface area contributed by atoms with Crippen molar-refractivity contribution in [1.29, 1.82) is 0 Å². The smallest absolute Gasteiger partial charge is 0.248 e. The Morgan fingerprint density at radius 1 is 1.33 bits per heavy atom. The summed E-state index contributed by atoms with van der Waals surface area (Å²) in [5, 5.41) is 3.64. The second-order valence-electron chi connectivity index (χ2n) is 6.08. The summed E-state index contributed by atoms with van der Waals surface area (Å²) in [7, 11) is 0. The normalized spacial score (nSPS) is 26.0. The van der Waals surface area contributed by atoms with E-state index in [9.17, 15) is 4.79 Å². The summed E-state index contributed by atoms with van der Waals surface area (Å²) in [6.45, 7) is 3.34. The van der Waals surface area contributed by atoms with Gasteiger partial charge in [-0.2, -0.15) is 0 Å². The number of hydrogen-bond acceptors (Lipinski definition) is 3. The third-order valence-corrected chi connectivity index (χ3v) is 5.33. The van der Waals surface area contributed by atoms with E-state index in [0.717, 1.165) is 30.0 Å². The van der Waals surface area contributed by atoms with E-state index >= 15 is 0 Å². The molecular formula is C16H22BrN3O. The van der Waals surface area contributed by atoms with E-state index in [1.165, 1.54) is 31.4 Å². The van der Waals surface area contributed by atoms with Gasteiger partial charge in [-0.05, 0) is 72.3 Å². The minimum absolute atomic E-state index is 0.381. The Hall–Kier alpha value is -1.07. The lowest BCUT2D eigenvalue weighted by atomic mass is 9.89. The van der Waals surface area contributed by atoms with Gasteiger partial charge in [0, 0.05) is 29.2 Å². The first kappa shape index (κ1) is 14.9. The molecule has 2 aliphatic rings. The SMILES string of the molecule is NC(=O)c1ccc(N2CCCC(C3CCCN3)C2)c(Br)c1. The summed E-state index contributed by atoms with van der Waals surface area (Å²) in [4.78, 5) is 13.7. The minimum Gasteiger partial charge on any atom is -0.370 e. The average molecular weight is 352 g/mol. The van der Waals surface area contributed by atoms with Crippen molar-refractivity contribution in [3.63, 3.8) is 0 Å². The van der Waals surface area contributed by atoms with Crippen LogP contribution in [0.25, 0.3) is 0 Å². The molecule has 2 saturated heterocycles. The third-order valence-electron chi connectivity index (χ3n) is 4.70. The number of halogens is 1. The number of amides is 1. The van der Waals surface area contributed by atoms with Gasteiger partial charge < -0.3 is 16.0 Å². The summed E-state index contributed by atoms with van der Waals surface area (Å²) in [5.74, 6) is 0.345. The molecule has 0 spiro atoms. The standard InChI is InChI=1S/C16H22BrN3O/c17-13-9-11(16(18)21)5-6-15(13)20-8-2-3-12(10-20)14-4-1-7-19-14/h5-6,9,12,14,19H,1-4,7-8,10H2,(H2,18,21). The molecule has 1 aromatic carbocycles. The lowest BCUT2D eigenvalue weighted by molar-refractivity contribution is 0.100. The summed E-state index contributed by atoms with van der Waals surface area (Å²) in [6.07, 6.45) is 5.15. The molecule has 21 heavy (non-hydrogen) atoms. The van der Waals surface area contributed by atoms with Crippen molar-refractivity contribution >= 4 is 27.5 Å². The molecule has 0 aliphatic carbocycles. The van der Waals surface area contributed by atoms with Gasteiger partial charge >= 0.3 is 0 Å². The molecule has 1 aromatic rings. The van der Waals surface area contributed by atoms with Crippen LogP contribution in [-0.4, -0.2) is 31.6 Å². The van der Waals surface area contributed by atoms with Crippen LogP contribution in [0.1, 0.15) is 36.0 Å². The van der Waals surface area contributed by atoms with Crippen molar-refractivity contribution in [2.24, 2.45) is 11.7 Å². The molecule has 5 heteroatoms. The number of benzene rings is 1. The highest BCUT2D eigenvalue weighted by Crippen LogP contribution is 2.32. The van der Waals surface area contributed by atoms with Crippen LogP contribution in [0.2, 0.25) is 0 Å². The predicted molar refractivity (Wildman–Crippen MR) is 88.6 cm³/mol. The molecule has 114 valence electrons. The lowest BCUT2D eigenvalue weighted by Crippen LogP contribution is -2.43. The molecular weight excluding hydrogens is 330 g/mol. The third kappa shape index (κ3) is 3.24. The fraction of sp³-hybridized carbons (Fsp3) is 0.562. The zero-order chi connectivity index (χ0) is 14.8. The number of nitrogens with zero attached hydrogens (tertiary/aromatic N) is 1. The Balaban J connectivity index is 1.75. The van der Waals surface area contributed by atoms with Crippen LogP contribution in [0.5, 0.6) is 0 Å². The minimum atomic E-state index is -0.381. The average Bonchev–Trinajstić information content (AvgIpc) is 3.01. The first-order valence-corrected chi connectivity index (χ1v) is 8.52. The second kappa shape index (κ2) is 6.36. The maximum Gasteiger partial charge on any atom is 0.248 e. The Labute approximate surface area is 134 Å². The van der Waals surface area contributed by atoms with Gasteiger partial charge in [0.1, 0.15) is 0 Å². The molecule has 0 aromatic heterocycles. The van der Waals surface area contributed by atoms with Crippen LogP contribution in [0.15, 0.2) is 22.7 Å². The van der Waals surface area contributed by atoms with E-state index in [2.05, 4.69) is 26.1 Å². The van der Waals surface area contributed by atoms with E-state index in [-0.39, 0.29) is 5.91 Å². The van der Waals surface area contributed by atoms with Gasteiger partial charge in [0.2, 0.25) is 5.91 Å². The zero-order valence-corrected chi connectivity index (χ0v) is 13.7. The second-order valence-corrected chi connectivity index (χ2v) is 6.94. The molecule has 0 saturated carbocycles. The van der Waals surface area contributed by atoms with Crippen molar-refractivity contribution in [1.82, 2.24) is 5.32 Å². The molecule has 2 atom stereocenters. The van der Waals surface area contributed by atoms with Gasteiger partial charge in [0.25, 0.3) is 0 Å². The lowest BCUT2D eigenvalue weighted by Gasteiger charge is -2.37. The van der Waals surface area contributed by atoms with Gasteiger partial charge in [-0.15, -0.1) is 0 Å². The monoisotopic (exact) mass is 351 g/mol. The molecule has 4 nitrogen and oxygen atoms in total. The van der Waals surface area contributed by atoms with Gasteiger partial charge in [-0.3, -0.25) is 4.79 Å². The number of anilines is 1. The first-order chi connectivity index (χ1) is 10.1. The maximum atomic E-state index is 11.2. The number of nitrogens with one attached hydrogen (secondary N) is 1. The van der Waals surface area contributed by atoms with Gasteiger partial charge in [0.05, 0.1) is 5.69 Å². The highest BCUT2D eigenvalue weighted by atomic mass is 79.9. The Morgan fingerprint density at radius 3 is 2.86 bits per heavy atom. The molecule has 2 fully saturated rings. The largest absolute Gasteiger partial charge is 0.370 e. The zero-order valence-electron chi connectivity index (χ0n) is 12.1. The number of carbonyl (C=O) groups is 1. The number of rotatable bonds is 3. The molecule has 3 N–H and O–H groups in total. The summed E-state index contributed by atoms with van der Waals surface area (Å²) in [6, 6.07) is 6.33. The Kier molecular flexibility index (Phi) is 4.50. The van der Waals surface area contributed by atoms with Crippen LogP contribution < -0.4 is 16.0 Å². The van der Waals surface area contributed by atoms with E-state index in [1.54, 1.807) is 0 Å². The summed E-state index contributed by atoms with van der Waals surface area (Å²) in [5.41, 5.74) is 7.06. The van der Waals surface area contributed by atoms with Crippen LogP contribution in [0.3, 0.4) is 0 Å². The van der Waals surface area contributed by atoms with Crippen LogP contribution in [-0.2, 0) is 0 Å². The predicted octanol–water partition coefficient (Wildman–Crippen LogP) is 2.52. The summed E-state index contributed by atoms with van der Waals surface area (Å²) >= 11 is 3.59. The Bertz CT molecular complexity index is 528. The van der Waals surface area contributed by atoms with E-state index < -0.39 is 0 Å². The quantitative estimate of drug-likeness (QED) is 0.879. The van der Waals surface area contributed by atoms with Gasteiger partial charge in [-0.1, -0.05) is 0 Å². The maximum absolute atomic E-state index is 11.2. The number of piperidine rings is 1. The molecule has 0 radical (unpaired) electrons. The molecule has 0 bridgehead atoms. The fourth-order valence-corrected chi connectivity index (χ4v) is 4.22.